The normalized spacial score (nSPS) is 16.2. The monoisotopic (exact) mass is 803 g/mol. The molecule has 5 rings (SSSR count). The largest absolute Gasteiger partial charge is 0.480 e. The Morgan fingerprint density at radius 2 is 1.78 bits per heavy atom. The topological polar surface area (TPSA) is 337 Å². The van der Waals surface area contributed by atoms with Gasteiger partial charge in [-0.3, -0.25) is 33.7 Å². The van der Waals surface area contributed by atoms with Gasteiger partial charge in [-0.25, -0.2) is 14.3 Å². The first-order chi connectivity index (χ1) is 26.0. The molecule has 0 unspecified atom stereocenters. The zero-order valence-corrected chi connectivity index (χ0v) is 29.9. The molecular weight excluding hydrogens is 779 g/mol. The molecule has 2 aliphatic heterocycles. The van der Waals surface area contributed by atoms with Crippen molar-refractivity contribution in [3.63, 3.8) is 0 Å². The molecule has 1 aromatic carbocycles. The van der Waals surface area contributed by atoms with Crippen LogP contribution in [-0.4, -0.2) is 117 Å². The van der Waals surface area contributed by atoms with E-state index < -0.39 is 94.4 Å². The van der Waals surface area contributed by atoms with Gasteiger partial charge >= 0.3 is 35.8 Å². The lowest BCUT2D eigenvalue weighted by atomic mass is 10.0. The average Bonchev–Trinajstić information content (AvgIpc) is 3.73. The van der Waals surface area contributed by atoms with E-state index in [2.05, 4.69) is 31.0 Å². The van der Waals surface area contributed by atoms with E-state index in [0.717, 1.165) is 66.2 Å². The van der Waals surface area contributed by atoms with E-state index in [-0.39, 0.29) is 33.6 Å². The van der Waals surface area contributed by atoms with Gasteiger partial charge in [-0.15, -0.1) is 16.9 Å². The van der Waals surface area contributed by atoms with Crippen LogP contribution in [0.5, 0.6) is 17.2 Å². The number of β-lactam (4-membered cyclic amide) rings is 1. The molecule has 1 fully saturated rings. The third-order valence-electron chi connectivity index (χ3n) is 6.96. The number of fused-ring (bicyclic) bond motifs is 1. The van der Waals surface area contributed by atoms with Crippen molar-refractivity contribution in [2.75, 3.05) is 17.2 Å². The number of aromatic nitrogens is 5. The van der Waals surface area contributed by atoms with E-state index in [1.165, 1.54) is 0 Å². The number of aliphatic carboxylic acids is 2. The highest BCUT2D eigenvalue weighted by molar-refractivity contribution is 8.01. The number of carbonyl (C=O) groups is 8. The number of anilines is 1. The van der Waals surface area contributed by atoms with Crippen molar-refractivity contribution in [3.8, 4) is 28.5 Å². The number of oxime groups is 1. The molecule has 24 nitrogen and oxygen atoms in total. The van der Waals surface area contributed by atoms with E-state index in [0.29, 0.717) is 11.8 Å². The Labute approximate surface area is 314 Å². The maximum Gasteiger partial charge on any atom is 0.366 e. The summed E-state index contributed by atoms with van der Waals surface area (Å²) in [5, 5.41) is 34.7. The predicted octanol–water partition coefficient (Wildman–Crippen LogP) is -0.556. The molecule has 3 aromatic rings. The summed E-state index contributed by atoms with van der Waals surface area (Å²) in [7, 11) is 0. The zero-order valence-electron chi connectivity index (χ0n) is 28.2. The minimum Gasteiger partial charge on any atom is -0.480 e. The van der Waals surface area contributed by atoms with Gasteiger partial charge in [0.2, 0.25) is 10.9 Å². The van der Waals surface area contributed by atoms with Crippen LogP contribution in [0.15, 0.2) is 38.3 Å². The number of thioether (sulfide) groups is 2. The molecule has 5 N–H and O–H groups in total. The molecule has 0 bridgehead atoms. The van der Waals surface area contributed by atoms with E-state index in [1.54, 1.807) is 0 Å². The maximum atomic E-state index is 13.4. The van der Waals surface area contributed by atoms with E-state index in [4.69, 9.17) is 34.3 Å². The van der Waals surface area contributed by atoms with Crippen LogP contribution < -0.4 is 25.3 Å². The quantitative estimate of drug-likeness (QED) is 0.0302. The number of tetrazole rings is 1. The van der Waals surface area contributed by atoms with Crippen molar-refractivity contribution >= 4 is 83.4 Å². The summed E-state index contributed by atoms with van der Waals surface area (Å²) in [6.07, 6.45) is 1.45. The van der Waals surface area contributed by atoms with Crippen LogP contribution in [0.3, 0.4) is 0 Å². The predicted molar refractivity (Wildman–Crippen MR) is 180 cm³/mol. The molecule has 0 radical (unpaired) electrons. The van der Waals surface area contributed by atoms with E-state index >= 15 is 0 Å². The number of nitrogens with one attached hydrogen (secondary N) is 1. The number of oxazole rings is 1. The Hall–Kier alpha value is -6.83. The Bertz CT molecular complexity index is 2200. The van der Waals surface area contributed by atoms with Crippen LogP contribution in [0.1, 0.15) is 31.1 Å². The van der Waals surface area contributed by atoms with Gasteiger partial charge in [0.05, 0.1) is 11.1 Å². The third kappa shape index (κ3) is 8.87. The summed E-state index contributed by atoms with van der Waals surface area (Å²) < 4.78 is 21.5. The molecule has 2 atom stereocenters. The van der Waals surface area contributed by atoms with Gasteiger partial charge in [-0.2, -0.15) is 4.98 Å². The number of hydrogen-bond acceptors (Lipinski definition) is 21. The van der Waals surface area contributed by atoms with Gasteiger partial charge < -0.3 is 44.7 Å². The Kier molecular flexibility index (Phi) is 11.8. The van der Waals surface area contributed by atoms with Crippen LogP contribution in [0, 0.1) is 0 Å². The van der Waals surface area contributed by atoms with E-state index in [9.17, 15) is 43.5 Å². The lowest BCUT2D eigenvalue weighted by molar-refractivity contribution is -0.150. The van der Waals surface area contributed by atoms with Crippen LogP contribution in [0.25, 0.3) is 11.3 Å². The second kappa shape index (κ2) is 16.5. The zero-order chi connectivity index (χ0) is 40.1. The number of amides is 2. The van der Waals surface area contributed by atoms with Gasteiger partial charge in [0, 0.05) is 38.3 Å². The van der Waals surface area contributed by atoms with Crippen LogP contribution in [-0.2, 0) is 44.9 Å². The minimum absolute atomic E-state index is 0.00313. The van der Waals surface area contributed by atoms with Crippen LogP contribution >= 0.6 is 23.5 Å². The number of nitrogens with two attached hydrogens (primary N) is 1. The van der Waals surface area contributed by atoms with Gasteiger partial charge in [-0.1, -0.05) is 16.9 Å². The van der Waals surface area contributed by atoms with Crippen molar-refractivity contribution in [2.45, 2.75) is 43.9 Å². The van der Waals surface area contributed by atoms with Crippen LogP contribution in [0.4, 0.5) is 6.01 Å². The summed E-state index contributed by atoms with van der Waals surface area (Å²) in [5.41, 5.74) is 4.41. The summed E-state index contributed by atoms with van der Waals surface area (Å²) in [4.78, 5) is 108. The number of carboxylic acid groups (broad SMARTS) is 2. The molecule has 55 heavy (non-hydrogen) atoms. The molecular formula is C29H25N9O15S2. The smallest absolute Gasteiger partial charge is 0.366 e. The number of nitrogen functional groups attached to an aromatic ring is 1. The standard InChI is InChI=1S/C29H25N9O15S2/c1-10(39)50-16-4-14(19(15-7-49-28(30)32-15)23(52-12(3)41)22(16)51-11(2)40)27(48)53-31-5-17(42)33-20-24(45)38-21(26(46)47)13(8-54-25(20)38)9-55-29-34-35-36-37(29)6-18(43)44/h4-5,7,20,25H,6,8-9H2,1-3H3,(H2,30,32)(H,33,42)(H,43,44)(H,46,47)/t20-,25-/m0/s1. The fourth-order valence-corrected chi connectivity index (χ4v) is 7.34. The number of carbonyl (C=O) groups excluding carboxylic acids is 6. The van der Waals surface area contributed by atoms with Crippen molar-refractivity contribution in [2.24, 2.45) is 5.16 Å². The molecule has 288 valence electrons. The van der Waals surface area contributed by atoms with Gasteiger partial charge in [0.15, 0.2) is 11.5 Å². The van der Waals surface area contributed by atoms with Crippen molar-refractivity contribution in [3.05, 3.63) is 29.2 Å². The fourth-order valence-electron chi connectivity index (χ4n) is 4.98. The van der Waals surface area contributed by atoms with Crippen molar-refractivity contribution in [1.82, 2.24) is 35.4 Å². The number of esters is 3. The lowest BCUT2D eigenvalue weighted by Gasteiger charge is -2.49. The number of carboxylic acids is 2. The first-order valence-corrected chi connectivity index (χ1v) is 17.1. The fraction of sp³-hybridized carbons (Fsp3) is 0.276. The average molecular weight is 804 g/mol. The number of hydrogen-bond donors (Lipinski definition) is 4. The Balaban J connectivity index is 1.33. The van der Waals surface area contributed by atoms with Crippen LogP contribution in [0.2, 0.25) is 0 Å². The van der Waals surface area contributed by atoms with Crippen molar-refractivity contribution < 1.29 is 72.0 Å². The summed E-state index contributed by atoms with van der Waals surface area (Å²) in [6, 6.07) is -0.722. The highest BCUT2D eigenvalue weighted by Crippen LogP contribution is 2.48. The first kappa shape index (κ1) is 39.4. The first-order valence-electron chi connectivity index (χ1n) is 15.1. The molecule has 2 amide bonds. The molecule has 1 saturated heterocycles. The SMILES string of the molecule is CC(=O)Oc1cc(C(=O)ON=CC(=O)N[C@H]2C(=O)N3C(C(=O)O)=C(CSc4nnnn4CC(=O)O)CS[C@@H]23)c(-c2coc(N)n2)c(OC(C)=O)c1OC(C)=O. The van der Waals surface area contributed by atoms with Gasteiger partial charge in [0.1, 0.15) is 41.8 Å². The molecule has 2 aromatic heterocycles. The molecule has 0 saturated carbocycles. The highest BCUT2D eigenvalue weighted by Gasteiger charge is 2.54. The second-order valence-corrected chi connectivity index (χ2v) is 12.9. The summed E-state index contributed by atoms with van der Waals surface area (Å²) >= 11 is 2.11. The number of benzene rings is 1. The third-order valence-corrected chi connectivity index (χ3v) is 9.34. The molecule has 0 spiro atoms. The summed E-state index contributed by atoms with van der Waals surface area (Å²) in [5.74, 6) is -10.3. The Morgan fingerprint density at radius 1 is 1.09 bits per heavy atom. The van der Waals surface area contributed by atoms with Gasteiger partial charge in [-0.05, 0) is 16.0 Å². The molecule has 26 heteroatoms. The highest BCUT2D eigenvalue weighted by atomic mass is 32.2. The molecule has 2 aliphatic rings. The summed E-state index contributed by atoms with van der Waals surface area (Å²) in [6.45, 7) is 2.44. The van der Waals surface area contributed by atoms with Gasteiger partial charge in [0.25, 0.3) is 17.8 Å². The number of nitrogens with zero attached hydrogens (tertiary/aromatic N) is 7. The maximum absolute atomic E-state index is 13.4. The van der Waals surface area contributed by atoms with E-state index in [1.807, 2.05) is 0 Å². The van der Waals surface area contributed by atoms with Crippen molar-refractivity contribution in [1.29, 1.82) is 0 Å². The number of rotatable bonds is 14. The molecule has 0 aliphatic carbocycles. The minimum atomic E-state index is -1.42. The number of ether oxygens (including phenoxy) is 3. The molecule has 4 heterocycles. The second-order valence-electron chi connectivity index (χ2n) is 10.9. The Morgan fingerprint density at radius 3 is 2.40 bits per heavy atom. The lowest BCUT2D eigenvalue weighted by Crippen LogP contribution is -2.70.